The number of aryl methyl sites for hydroxylation is 1. The predicted molar refractivity (Wildman–Crippen MR) is 38.4 cm³/mol. The van der Waals surface area contributed by atoms with Crippen molar-refractivity contribution in [1.82, 2.24) is 10.2 Å². The summed E-state index contributed by atoms with van der Waals surface area (Å²) in [5.41, 5.74) is 0.954. The van der Waals surface area contributed by atoms with Crippen LogP contribution in [0, 0.1) is 0 Å². The second kappa shape index (κ2) is 3.09. The number of hydrogen-bond donors (Lipinski definition) is 1. The lowest BCUT2D eigenvalue weighted by atomic mass is 10.1. The second-order valence-corrected chi connectivity index (χ2v) is 2.09. The van der Waals surface area contributed by atoms with E-state index in [1.54, 1.807) is 0 Å². The molecule has 58 valence electrons. The molecular formula is C7H8N2O2. The van der Waals surface area contributed by atoms with Gasteiger partial charge in [0.05, 0.1) is 18.0 Å². The molecule has 0 aliphatic carbocycles. The van der Waals surface area contributed by atoms with Crippen LogP contribution in [0.4, 0.5) is 0 Å². The molecule has 1 aromatic heterocycles. The van der Waals surface area contributed by atoms with E-state index in [0.717, 1.165) is 0 Å². The summed E-state index contributed by atoms with van der Waals surface area (Å²) in [6, 6.07) is 0. The Hall–Kier alpha value is -1.45. The Bertz CT molecular complexity index is 273. The van der Waals surface area contributed by atoms with Crippen molar-refractivity contribution in [1.29, 1.82) is 0 Å². The molecule has 1 rings (SSSR count). The molecule has 0 amide bonds. The first kappa shape index (κ1) is 7.65. The summed E-state index contributed by atoms with van der Waals surface area (Å²) in [5, 5.41) is 15.7. The first-order valence-electron chi connectivity index (χ1n) is 3.28. The molecular weight excluding hydrogens is 144 g/mol. The summed E-state index contributed by atoms with van der Waals surface area (Å²) in [5.74, 6) is -0.947. The van der Waals surface area contributed by atoms with Gasteiger partial charge in [-0.25, -0.2) is 4.79 Å². The number of nitrogens with zero attached hydrogens (tertiary/aromatic N) is 2. The number of carboxylic acids is 1. The Kier molecular flexibility index (Phi) is 2.15. The van der Waals surface area contributed by atoms with Crippen molar-refractivity contribution in [2.24, 2.45) is 0 Å². The van der Waals surface area contributed by atoms with Crippen molar-refractivity contribution in [2.45, 2.75) is 13.3 Å². The van der Waals surface area contributed by atoms with Gasteiger partial charge in [-0.1, -0.05) is 6.92 Å². The Labute approximate surface area is 63.9 Å². The van der Waals surface area contributed by atoms with Crippen molar-refractivity contribution in [3.05, 3.63) is 23.5 Å². The highest BCUT2D eigenvalue weighted by molar-refractivity contribution is 5.88. The van der Waals surface area contributed by atoms with Gasteiger partial charge in [-0.05, 0) is 12.0 Å². The highest BCUT2D eigenvalue weighted by atomic mass is 16.4. The molecule has 1 N–H and O–H groups in total. The Balaban J connectivity index is 3.12. The summed E-state index contributed by atoms with van der Waals surface area (Å²) in [6.45, 7) is 1.88. The molecule has 4 heteroatoms. The maximum absolute atomic E-state index is 10.5. The van der Waals surface area contributed by atoms with Crippen LogP contribution in [0.25, 0.3) is 0 Å². The molecule has 0 spiro atoms. The minimum absolute atomic E-state index is 0.238. The lowest BCUT2D eigenvalue weighted by Crippen LogP contribution is -2.03. The summed E-state index contributed by atoms with van der Waals surface area (Å²) in [7, 11) is 0. The average molecular weight is 152 g/mol. The van der Waals surface area contributed by atoms with Crippen molar-refractivity contribution < 1.29 is 9.90 Å². The Morgan fingerprint density at radius 1 is 1.55 bits per heavy atom. The first-order valence-corrected chi connectivity index (χ1v) is 3.28. The van der Waals surface area contributed by atoms with Gasteiger partial charge in [-0.2, -0.15) is 10.2 Å². The largest absolute Gasteiger partial charge is 0.478 e. The van der Waals surface area contributed by atoms with Crippen LogP contribution >= 0.6 is 0 Å². The van der Waals surface area contributed by atoms with Crippen molar-refractivity contribution >= 4 is 5.97 Å². The zero-order chi connectivity index (χ0) is 8.27. The lowest BCUT2D eigenvalue weighted by Gasteiger charge is -1.98. The third kappa shape index (κ3) is 1.52. The third-order valence-electron chi connectivity index (χ3n) is 1.42. The van der Waals surface area contributed by atoms with Gasteiger partial charge >= 0.3 is 5.97 Å². The molecule has 0 saturated heterocycles. The fraction of sp³-hybridized carbons (Fsp3) is 0.286. The van der Waals surface area contributed by atoms with Crippen LogP contribution in [0.2, 0.25) is 0 Å². The van der Waals surface area contributed by atoms with E-state index in [0.29, 0.717) is 12.0 Å². The smallest absolute Gasteiger partial charge is 0.337 e. The molecule has 1 heterocycles. The van der Waals surface area contributed by atoms with Crippen molar-refractivity contribution in [2.75, 3.05) is 0 Å². The Morgan fingerprint density at radius 2 is 2.18 bits per heavy atom. The quantitative estimate of drug-likeness (QED) is 0.678. The highest BCUT2D eigenvalue weighted by Crippen LogP contribution is 2.04. The minimum atomic E-state index is -0.947. The second-order valence-electron chi connectivity index (χ2n) is 2.09. The fourth-order valence-electron chi connectivity index (χ4n) is 0.821. The van der Waals surface area contributed by atoms with E-state index in [2.05, 4.69) is 10.2 Å². The van der Waals surface area contributed by atoms with Gasteiger partial charge in [-0.3, -0.25) is 0 Å². The van der Waals surface area contributed by atoms with E-state index in [1.807, 2.05) is 6.92 Å². The fourth-order valence-corrected chi connectivity index (χ4v) is 0.821. The summed E-state index contributed by atoms with van der Waals surface area (Å²) < 4.78 is 0. The van der Waals surface area contributed by atoms with Crippen molar-refractivity contribution in [3.63, 3.8) is 0 Å². The molecule has 0 fully saturated rings. The number of carboxylic acid groups (broad SMARTS) is 1. The molecule has 0 saturated carbocycles. The van der Waals surface area contributed by atoms with E-state index in [9.17, 15) is 4.79 Å². The summed E-state index contributed by atoms with van der Waals surface area (Å²) in [6.07, 6.45) is 3.40. The van der Waals surface area contributed by atoms with Crippen LogP contribution in [0.5, 0.6) is 0 Å². The van der Waals surface area contributed by atoms with Crippen LogP contribution in [0.15, 0.2) is 12.4 Å². The van der Waals surface area contributed by atoms with Crippen molar-refractivity contribution in [3.8, 4) is 0 Å². The molecule has 0 aliphatic rings. The van der Waals surface area contributed by atoms with E-state index in [1.165, 1.54) is 12.4 Å². The van der Waals surface area contributed by atoms with Gasteiger partial charge in [0.25, 0.3) is 0 Å². The molecule has 4 nitrogen and oxygen atoms in total. The van der Waals surface area contributed by atoms with Crippen LogP contribution < -0.4 is 0 Å². The number of hydrogen-bond acceptors (Lipinski definition) is 3. The maximum Gasteiger partial charge on any atom is 0.337 e. The number of carbonyl (C=O) groups is 1. The maximum atomic E-state index is 10.5. The molecule has 0 radical (unpaired) electrons. The number of aromatic carboxylic acids is 1. The zero-order valence-electron chi connectivity index (χ0n) is 6.11. The van der Waals surface area contributed by atoms with E-state index >= 15 is 0 Å². The molecule has 0 atom stereocenters. The van der Waals surface area contributed by atoms with E-state index < -0.39 is 5.97 Å². The molecule has 0 aliphatic heterocycles. The topological polar surface area (TPSA) is 63.1 Å². The number of aromatic nitrogens is 2. The van der Waals surface area contributed by atoms with Crippen LogP contribution in [0.1, 0.15) is 22.8 Å². The normalized spacial score (nSPS) is 9.55. The lowest BCUT2D eigenvalue weighted by molar-refractivity contribution is 0.0695. The zero-order valence-corrected chi connectivity index (χ0v) is 6.11. The van der Waals surface area contributed by atoms with E-state index in [-0.39, 0.29) is 5.56 Å². The molecule has 0 aromatic carbocycles. The van der Waals surface area contributed by atoms with Crippen LogP contribution in [-0.4, -0.2) is 21.3 Å². The third-order valence-corrected chi connectivity index (χ3v) is 1.42. The van der Waals surface area contributed by atoms with Gasteiger partial charge < -0.3 is 5.11 Å². The molecule has 1 aromatic rings. The van der Waals surface area contributed by atoms with Crippen LogP contribution in [-0.2, 0) is 6.42 Å². The minimum Gasteiger partial charge on any atom is -0.478 e. The average Bonchev–Trinajstić information content (AvgIpc) is 2.04. The monoisotopic (exact) mass is 152 g/mol. The SMILES string of the molecule is CCc1cnncc1C(=O)O. The van der Waals surface area contributed by atoms with E-state index in [4.69, 9.17) is 5.11 Å². The van der Waals surface area contributed by atoms with Gasteiger partial charge in [0.15, 0.2) is 0 Å². The van der Waals surface area contributed by atoms with Gasteiger partial charge in [-0.15, -0.1) is 0 Å². The van der Waals surface area contributed by atoms with Gasteiger partial charge in [0.1, 0.15) is 0 Å². The summed E-state index contributed by atoms with van der Waals surface area (Å²) in [4.78, 5) is 10.5. The molecule has 0 bridgehead atoms. The first-order chi connectivity index (χ1) is 5.25. The standard InChI is InChI=1S/C7H8N2O2/c1-2-5-3-8-9-4-6(5)7(10)11/h3-4H,2H2,1H3,(H,10,11). The predicted octanol–water partition coefficient (Wildman–Crippen LogP) is 0.737. The molecule has 0 unspecified atom stereocenters. The van der Waals surface area contributed by atoms with Gasteiger partial charge in [0, 0.05) is 0 Å². The highest BCUT2D eigenvalue weighted by Gasteiger charge is 2.07. The summed E-state index contributed by atoms with van der Waals surface area (Å²) >= 11 is 0. The van der Waals surface area contributed by atoms with Gasteiger partial charge in [0.2, 0.25) is 0 Å². The molecule has 11 heavy (non-hydrogen) atoms. The number of rotatable bonds is 2. The van der Waals surface area contributed by atoms with Crippen LogP contribution in [0.3, 0.4) is 0 Å². The Morgan fingerprint density at radius 3 is 2.64 bits per heavy atom.